The Hall–Kier alpha value is -4.83. The molecular weight excluding hydrogens is 566 g/mol. The van der Waals surface area contributed by atoms with Crippen LogP contribution in [0.2, 0.25) is 0 Å². The van der Waals surface area contributed by atoms with Crippen molar-refractivity contribution in [3.63, 3.8) is 0 Å². The number of para-hydroxylation sites is 1. The number of benzene rings is 4. The Morgan fingerprint density at radius 1 is 0.860 bits per heavy atom. The van der Waals surface area contributed by atoms with Gasteiger partial charge in [-0.2, -0.15) is 0 Å². The van der Waals surface area contributed by atoms with Crippen molar-refractivity contribution in [2.75, 3.05) is 36.3 Å². The summed E-state index contributed by atoms with van der Waals surface area (Å²) >= 11 is 0. The number of esters is 1. The Bertz CT molecular complexity index is 1820. The van der Waals surface area contributed by atoms with E-state index in [1.54, 1.807) is 68.6 Å². The fraction of sp³-hybridized carbons (Fsp3) is 0.212. The summed E-state index contributed by atoms with van der Waals surface area (Å²) in [7, 11) is 1.43. The fourth-order valence-electron chi connectivity index (χ4n) is 4.83. The molecule has 0 aliphatic carbocycles. The van der Waals surface area contributed by atoms with Crippen molar-refractivity contribution >= 4 is 44.6 Å². The monoisotopic (exact) mass is 599 g/mol. The highest BCUT2D eigenvalue weighted by Crippen LogP contribution is 2.37. The summed E-state index contributed by atoms with van der Waals surface area (Å²) in [6, 6.07) is 22.5. The Balaban J connectivity index is 1.42. The standard InChI is InChI=1S/C33H33N3O6S/c1-21-19-29(41-33(38)36(5)28-13-9-10-23-14-17-31(37)42-32(23)28)22(2)18-27(21)34-26-16-15-24(35(3)4)20-30(26)43(39,40)25-11-7-6-8-12-25/h6-13,15-16,18-20,34H,14,17H2,1-5H3. The van der Waals surface area contributed by atoms with E-state index in [1.807, 2.05) is 50.2 Å². The molecule has 0 saturated carbocycles. The van der Waals surface area contributed by atoms with E-state index in [0.717, 1.165) is 16.8 Å². The molecule has 5 rings (SSSR count). The second-order valence-corrected chi connectivity index (χ2v) is 12.5. The minimum Gasteiger partial charge on any atom is -0.424 e. The average molecular weight is 600 g/mol. The van der Waals surface area contributed by atoms with Crippen LogP contribution in [0.5, 0.6) is 11.5 Å². The van der Waals surface area contributed by atoms with Gasteiger partial charge in [-0.15, -0.1) is 0 Å². The van der Waals surface area contributed by atoms with Crippen molar-refractivity contribution in [2.24, 2.45) is 0 Å². The number of hydrogen-bond donors (Lipinski definition) is 1. The van der Waals surface area contributed by atoms with Crippen LogP contribution in [0.25, 0.3) is 0 Å². The number of ether oxygens (including phenoxy) is 2. The van der Waals surface area contributed by atoms with Crippen molar-refractivity contribution in [1.29, 1.82) is 0 Å². The van der Waals surface area contributed by atoms with Gasteiger partial charge in [-0.3, -0.25) is 9.69 Å². The van der Waals surface area contributed by atoms with E-state index in [4.69, 9.17) is 9.47 Å². The number of amides is 1. The van der Waals surface area contributed by atoms with Crippen LogP contribution in [0.15, 0.2) is 88.7 Å². The third kappa shape index (κ3) is 6.05. The molecule has 0 aromatic heterocycles. The van der Waals surface area contributed by atoms with Gasteiger partial charge >= 0.3 is 12.1 Å². The molecule has 0 saturated heterocycles. The van der Waals surface area contributed by atoms with E-state index in [-0.39, 0.29) is 15.8 Å². The molecule has 1 aliphatic rings. The van der Waals surface area contributed by atoms with Crippen LogP contribution in [0.1, 0.15) is 23.1 Å². The zero-order valence-electron chi connectivity index (χ0n) is 24.7. The predicted molar refractivity (Wildman–Crippen MR) is 167 cm³/mol. The number of rotatable bonds is 7. The summed E-state index contributed by atoms with van der Waals surface area (Å²) in [5, 5.41) is 3.29. The van der Waals surface area contributed by atoms with Crippen molar-refractivity contribution in [1.82, 2.24) is 0 Å². The molecule has 10 heteroatoms. The third-order valence-corrected chi connectivity index (χ3v) is 9.15. The summed E-state index contributed by atoms with van der Waals surface area (Å²) in [6.45, 7) is 3.64. The van der Waals surface area contributed by atoms with E-state index < -0.39 is 15.9 Å². The van der Waals surface area contributed by atoms with Crippen LogP contribution >= 0.6 is 0 Å². The first kappa shape index (κ1) is 29.7. The van der Waals surface area contributed by atoms with E-state index >= 15 is 0 Å². The van der Waals surface area contributed by atoms with Gasteiger partial charge < -0.3 is 19.7 Å². The highest BCUT2D eigenvalue weighted by Gasteiger charge is 2.26. The summed E-state index contributed by atoms with van der Waals surface area (Å²) in [6.07, 6.45) is 0.195. The van der Waals surface area contributed by atoms with Gasteiger partial charge in [0, 0.05) is 32.5 Å². The molecule has 0 unspecified atom stereocenters. The number of sulfone groups is 1. The van der Waals surface area contributed by atoms with Crippen LogP contribution < -0.4 is 24.6 Å². The molecule has 0 radical (unpaired) electrons. The van der Waals surface area contributed by atoms with Crippen molar-refractivity contribution < 1.29 is 27.5 Å². The van der Waals surface area contributed by atoms with Crippen molar-refractivity contribution in [3.05, 3.63) is 95.6 Å². The van der Waals surface area contributed by atoms with Gasteiger partial charge in [0.15, 0.2) is 5.75 Å². The van der Waals surface area contributed by atoms with Crippen LogP contribution in [0.3, 0.4) is 0 Å². The van der Waals surface area contributed by atoms with E-state index in [0.29, 0.717) is 47.0 Å². The summed E-state index contributed by atoms with van der Waals surface area (Å²) in [5.41, 5.74) is 4.52. The van der Waals surface area contributed by atoms with E-state index in [9.17, 15) is 18.0 Å². The zero-order chi connectivity index (χ0) is 30.9. The number of hydrogen-bond acceptors (Lipinski definition) is 8. The number of nitrogens with one attached hydrogen (secondary N) is 1. The Labute approximate surface area is 251 Å². The smallest absolute Gasteiger partial charge is 0.419 e. The van der Waals surface area contributed by atoms with Gasteiger partial charge in [0.2, 0.25) is 9.84 Å². The van der Waals surface area contributed by atoms with E-state index in [2.05, 4.69) is 5.32 Å². The second-order valence-electron chi connectivity index (χ2n) is 10.6. The van der Waals surface area contributed by atoms with Gasteiger partial charge in [-0.05, 0) is 85.5 Å². The molecule has 9 nitrogen and oxygen atoms in total. The minimum absolute atomic E-state index is 0.144. The molecule has 0 spiro atoms. The molecule has 0 fully saturated rings. The lowest BCUT2D eigenvalue weighted by atomic mass is 10.0. The number of aryl methyl sites for hydroxylation is 3. The van der Waals surface area contributed by atoms with Gasteiger partial charge in [0.05, 0.1) is 27.6 Å². The Morgan fingerprint density at radius 2 is 1.60 bits per heavy atom. The normalized spacial score (nSPS) is 12.6. The molecule has 43 heavy (non-hydrogen) atoms. The fourth-order valence-corrected chi connectivity index (χ4v) is 6.29. The van der Waals surface area contributed by atoms with Crippen LogP contribution in [-0.4, -0.2) is 41.6 Å². The molecular formula is C33H33N3O6S. The molecule has 1 N–H and O–H groups in total. The first-order chi connectivity index (χ1) is 20.5. The van der Waals surface area contributed by atoms with Crippen LogP contribution in [-0.2, 0) is 21.1 Å². The number of anilines is 4. The summed E-state index contributed by atoms with van der Waals surface area (Å²) in [4.78, 5) is 28.6. The second kappa shape index (κ2) is 11.8. The lowest BCUT2D eigenvalue weighted by Crippen LogP contribution is -2.31. The maximum Gasteiger partial charge on any atom is 0.419 e. The third-order valence-electron chi connectivity index (χ3n) is 7.34. The minimum atomic E-state index is -3.83. The highest BCUT2D eigenvalue weighted by molar-refractivity contribution is 7.91. The lowest BCUT2D eigenvalue weighted by molar-refractivity contribution is -0.135. The lowest BCUT2D eigenvalue weighted by Gasteiger charge is -2.24. The summed E-state index contributed by atoms with van der Waals surface area (Å²) < 4.78 is 38.6. The van der Waals surface area contributed by atoms with Gasteiger partial charge in [-0.25, -0.2) is 13.2 Å². The summed E-state index contributed by atoms with van der Waals surface area (Å²) in [5.74, 6) is 0.376. The van der Waals surface area contributed by atoms with Crippen LogP contribution in [0, 0.1) is 13.8 Å². The van der Waals surface area contributed by atoms with Crippen molar-refractivity contribution in [3.8, 4) is 11.5 Å². The Morgan fingerprint density at radius 3 is 2.33 bits per heavy atom. The number of fused-ring (bicyclic) bond motifs is 1. The maximum absolute atomic E-state index is 13.7. The molecule has 1 amide bonds. The Kier molecular flexibility index (Phi) is 8.14. The highest BCUT2D eigenvalue weighted by atomic mass is 32.2. The number of carbonyl (C=O) groups excluding carboxylic acids is 2. The van der Waals surface area contributed by atoms with Gasteiger partial charge in [0.25, 0.3) is 0 Å². The quantitative estimate of drug-likeness (QED) is 0.191. The topological polar surface area (TPSA) is 105 Å². The molecule has 4 aromatic rings. The first-order valence-corrected chi connectivity index (χ1v) is 15.2. The molecule has 1 aliphatic heterocycles. The molecule has 0 bridgehead atoms. The molecule has 1 heterocycles. The van der Waals surface area contributed by atoms with Gasteiger partial charge in [0.1, 0.15) is 5.75 Å². The first-order valence-electron chi connectivity index (χ1n) is 13.7. The zero-order valence-corrected chi connectivity index (χ0v) is 25.5. The number of nitrogens with zero attached hydrogens (tertiary/aromatic N) is 2. The van der Waals surface area contributed by atoms with E-state index in [1.165, 1.54) is 4.90 Å². The van der Waals surface area contributed by atoms with Gasteiger partial charge in [-0.1, -0.05) is 30.3 Å². The SMILES string of the molecule is Cc1cc(OC(=O)N(C)c2cccc3c2OC(=O)CC3)c(C)cc1Nc1ccc(N(C)C)cc1S(=O)(=O)c1ccccc1. The maximum atomic E-state index is 13.7. The molecule has 0 atom stereocenters. The largest absolute Gasteiger partial charge is 0.424 e. The van der Waals surface area contributed by atoms with Crippen LogP contribution in [0.4, 0.5) is 27.5 Å². The molecule has 222 valence electrons. The predicted octanol–water partition coefficient (Wildman–Crippen LogP) is 6.43. The number of carbonyl (C=O) groups is 2. The molecule has 4 aromatic carbocycles. The van der Waals surface area contributed by atoms with Crippen molar-refractivity contribution in [2.45, 2.75) is 36.5 Å². The average Bonchev–Trinajstić information content (AvgIpc) is 2.99.